The molecule has 1 saturated carbocycles. The van der Waals surface area contributed by atoms with Crippen LogP contribution in [-0.4, -0.2) is 37.7 Å². The van der Waals surface area contributed by atoms with Crippen molar-refractivity contribution in [3.8, 4) is 0 Å². The molecule has 1 saturated heterocycles. The molecule has 5 atom stereocenters. The quantitative estimate of drug-likeness (QED) is 0.428. The van der Waals surface area contributed by atoms with E-state index in [1.54, 1.807) is 0 Å². The Hall–Kier alpha value is -0.330. The fourth-order valence-electron chi connectivity index (χ4n) is 2.67. The number of alkyl halides is 1. The summed E-state index contributed by atoms with van der Waals surface area (Å²) in [5.74, 6) is -0.961. The van der Waals surface area contributed by atoms with Crippen LogP contribution in [0.2, 0.25) is 0 Å². The van der Waals surface area contributed by atoms with E-state index in [9.17, 15) is 13.2 Å². The smallest absolute Gasteiger partial charge is 0.321 e. The Morgan fingerprint density at radius 2 is 2.12 bits per heavy atom. The summed E-state index contributed by atoms with van der Waals surface area (Å²) in [6.07, 6.45) is -0.633. The molecule has 7 heteroatoms. The monoisotopic (exact) mass is 282 g/mol. The van der Waals surface area contributed by atoms with Crippen LogP contribution in [-0.2, 0) is 23.8 Å². The third-order valence-electron chi connectivity index (χ3n) is 3.59. The highest BCUT2D eigenvalue weighted by Crippen LogP contribution is 2.43. The summed E-state index contributed by atoms with van der Waals surface area (Å²) in [4.78, 5) is 11.2. The molecule has 1 aliphatic carbocycles. The van der Waals surface area contributed by atoms with Crippen LogP contribution < -0.4 is 0 Å². The third-order valence-corrected chi connectivity index (χ3v) is 5.66. The first-order chi connectivity index (χ1) is 7.86. The highest BCUT2D eigenvalue weighted by molar-refractivity contribution is 7.87. The molecule has 0 radical (unpaired) electrons. The minimum absolute atomic E-state index is 0.0364. The first kappa shape index (κ1) is 13.1. The van der Waals surface area contributed by atoms with E-state index in [0.29, 0.717) is 6.42 Å². The van der Waals surface area contributed by atoms with Crippen molar-refractivity contribution in [2.45, 2.75) is 37.7 Å². The van der Waals surface area contributed by atoms with E-state index in [2.05, 4.69) is 0 Å². The van der Waals surface area contributed by atoms with E-state index in [1.165, 1.54) is 0 Å². The van der Waals surface area contributed by atoms with Crippen molar-refractivity contribution in [1.82, 2.24) is 0 Å². The molecule has 1 heterocycles. The van der Waals surface area contributed by atoms with Gasteiger partial charge in [-0.15, -0.1) is 11.6 Å². The largest absolute Gasteiger partial charge is 0.458 e. The first-order valence-corrected chi connectivity index (χ1v) is 7.55. The van der Waals surface area contributed by atoms with Gasteiger partial charge in [0.1, 0.15) is 18.1 Å². The molecule has 2 rings (SSSR count). The van der Waals surface area contributed by atoms with Crippen molar-refractivity contribution in [3.05, 3.63) is 0 Å². The molecule has 2 aliphatic rings. The van der Waals surface area contributed by atoms with E-state index in [1.807, 2.05) is 13.8 Å². The first-order valence-electron chi connectivity index (χ1n) is 5.54. The SMILES string of the molecule is CC1CC2C(C)C(OS2(=O)=O)C1OC(=O)CCl. The molecule has 0 aromatic rings. The molecule has 5 unspecified atom stereocenters. The summed E-state index contributed by atoms with van der Waals surface area (Å²) in [5, 5.41) is -0.478. The van der Waals surface area contributed by atoms with Gasteiger partial charge in [0.25, 0.3) is 10.1 Å². The predicted octanol–water partition coefficient (Wildman–Crippen LogP) is 0.910. The summed E-state index contributed by atoms with van der Waals surface area (Å²) in [6.45, 7) is 3.68. The highest BCUT2D eigenvalue weighted by Gasteiger charge is 2.56. The lowest BCUT2D eigenvalue weighted by Crippen LogP contribution is -2.45. The molecule has 0 amide bonds. The zero-order valence-corrected chi connectivity index (χ0v) is 11.2. The summed E-state index contributed by atoms with van der Waals surface area (Å²) >= 11 is 5.38. The number of hydrogen-bond donors (Lipinski definition) is 0. The third kappa shape index (κ3) is 2.18. The molecule has 17 heavy (non-hydrogen) atoms. The lowest BCUT2D eigenvalue weighted by Gasteiger charge is -2.34. The molecule has 5 nitrogen and oxygen atoms in total. The topological polar surface area (TPSA) is 69.7 Å². The second-order valence-electron chi connectivity index (χ2n) is 4.75. The summed E-state index contributed by atoms with van der Waals surface area (Å²) in [7, 11) is -3.51. The van der Waals surface area contributed by atoms with Gasteiger partial charge >= 0.3 is 5.97 Å². The summed E-state index contributed by atoms with van der Waals surface area (Å²) in [6, 6.07) is 0. The fourth-order valence-corrected chi connectivity index (χ4v) is 4.69. The van der Waals surface area contributed by atoms with Gasteiger partial charge in [0, 0.05) is 5.92 Å². The van der Waals surface area contributed by atoms with Gasteiger partial charge in [-0.2, -0.15) is 8.42 Å². The fraction of sp³-hybridized carbons (Fsp3) is 0.900. The molecule has 2 fully saturated rings. The summed E-state index contributed by atoms with van der Waals surface area (Å²) < 4.78 is 33.7. The minimum atomic E-state index is -3.51. The molecule has 0 N–H and O–H groups in total. The lowest BCUT2D eigenvalue weighted by atomic mass is 9.79. The van der Waals surface area contributed by atoms with Crippen LogP contribution in [0.1, 0.15) is 20.3 Å². The number of ether oxygens (including phenoxy) is 1. The second kappa shape index (κ2) is 4.40. The molecule has 0 spiro atoms. The maximum Gasteiger partial charge on any atom is 0.321 e. The van der Waals surface area contributed by atoms with Gasteiger partial charge in [0.05, 0.1) is 5.25 Å². The van der Waals surface area contributed by atoms with Crippen LogP contribution in [0.4, 0.5) is 0 Å². The Balaban J connectivity index is 2.22. The van der Waals surface area contributed by atoms with Crippen LogP contribution in [0.15, 0.2) is 0 Å². The minimum Gasteiger partial charge on any atom is -0.458 e. The number of carbonyl (C=O) groups excluding carboxylic acids is 1. The number of carbonyl (C=O) groups is 1. The second-order valence-corrected chi connectivity index (χ2v) is 6.80. The van der Waals surface area contributed by atoms with Gasteiger partial charge in [-0.1, -0.05) is 13.8 Å². The Kier molecular flexibility index (Phi) is 3.40. The van der Waals surface area contributed by atoms with Crippen molar-refractivity contribution in [1.29, 1.82) is 0 Å². The number of esters is 1. The number of halogens is 1. The van der Waals surface area contributed by atoms with Crippen molar-refractivity contribution < 1.29 is 22.1 Å². The van der Waals surface area contributed by atoms with Gasteiger partial charge < -0.3 is 4.74 Å². The van der Waals surface area contributed by atoms with Gasteiger partial charge in [-0.25, -0.2) is 0 Å². The summed E-state index contributed by atoms with van der Waals surface area (Å²) in [5.41, 5.74) is 0. The van der Waals surface area contributed by atoms with Crippen LogP contribution in [0.5, 0.6) is 0 Å². The van der Waals surface area contributed by atoms with E-state index in [-0.39, 0.29) is 17.7 Å². The van der Waals surface area contributed by atoms with Crippen LogP contribution in [0.3, 0.4) is 0 Å². The van der Waals surface area contributed by atoms with Gasteiger partial charge in [0.2, 0.25) is 0 Å². The molecule has 2 bridgehead atoms. The maximum atomic E-state index is 11.7. The highest BCUT2D eigenvalue weighted by atomic mass is 35.5. The normalized spacial score (nSPS) is 43.4. The molecule has 1 aliphatic heterocycles. The Bertz CT molecular complexity index is 420. The molecular weight excluding hydrogens is 268 g/mol. The molecule has 0 aromatic carbocycles. The average Bonchev–Trinajstić information content (AvgIpc) is 2.41. The lowest BCUT2D eigenvalue weighted by molar-refractivity contribution is -0.157. The van der Waals surface area contributed by atoms with E-state index in [0.717, 1.165) is 0 Å². The van der Waals surface area contributed by atoms with E-state index < -0.39 is 33.5 Å². The Morgan fingerprint density at radius 1 is 1.47 bits per heavy atom. The number of rotatable bonds is 2. The number of hydrogen-bond acceptors (Lipinski definition) is 5. The van der Waals surface area contributed by atoms with Crippen LogP contribution in [0, 0.1) is 11.8 Å². The Morgan fingerprint density at radius 3 is 2.71 bits per heavy atom. The van der Waals surface area contributed by atoms with E-state index in [4.69, 9.17) is 20.5 Å². The van der Waals surface area contributed by atoms with Crippen LogP contribution in [0.25, 0.3) is 0 Å². The molecular formula is C10H15ClO5S. The predicted molar refractivity (Wildman–Crippen MR) is 61.1 cm³/mol. The average molecular weight is 283 g/mol. The van der Waals surface area contributed by atoms with Gasteiger partial charge in [0.15, 0.2) is 0 Å². The maximum absolute atomic E-state index is 11.7. The van der Waals surface area contributed by atoms with Crippen LogP contribution >= 0.6 is 11.6 Å². The number of fused-ring (bicyclic) bond motifs is 2. The van der Waals surface area contributed by atoms with Crippen molar-refractivity contribution in [3.63, 3.8) is 0 Å². The van der Waals surface area contributed by atoms with Crippen molar-refractivity contribution in [2.24, 2.45) is 11.8 Å². The molecule has 0 aromatic heterocycles. The zero-order chi connectivity index (χ0) is 12.8. The van der Waals surface area contributed by atoms with Gasteiger partial charge in [-0.3, -0.25) is 8.98 Å². The van der Waals surface area contributed by atoms with Gasteiger partial charge in [-0.05, 0) is 12.3 Å². The van der Waals surface area contributed by atoms with Crippen molar-refractivity contribution >= 4 is 27.7 Å². The molecule has 98 valence electrons. The standard InChI is InChI=1S/C10H15ClO5S/c1-5-3-7-6(2)10(16-17(7,13)14)9(5)15-8(12)4-11/h5-7,9-10H,3-4H2,1-2H3. The Labute approximate surface area is 106 Å². The van der Waals surface area contributed by atoms with Crippen molar-refractivity contribution in [2.75, 3.05) is 5.88 Å². The van der Waals surface area contributed by atoms with E-state index >= 15 is 0 Å². The zero-order valence-electron chi connectivity index (χ0n) is 9.63.